The van der Waals surface area contributed by atoms with Gasteiger partial charge in [0.25, 0.3) is 0 Å². The molecule has 2 aromatic heterocycles. The lowest BCUT2D eigenvalue weighted by molar-refractivity contribution is -0.118. The van der Waals surface area contributed by atoms with E-state index in [1.807, 2.05) is 27.7 Å². The Morgan fingerprint density at radius 1 is 0.700 bits per heavy atom. The van der Waals surface area contributed by atoms with Gasteiger partial charge in [0.2, 0.25) is 22.0 Å². The lowest BCUT2D eigenvalue weighted by Crippen LogP contribution is -2.14. The second-order valence-electron chi connectivity index (χ2n) is 6.89. The molecule has 0 radical (unpaired) electrons. The molecular weight excluding hydrogens is 460 g/mol. The van der Waals surface area contributed by atoms with Crippen LogP contribution in [0.25, 0.3) is 0 Å². The minimum atomic E-state index is -0.373. The maximum absolute atomic E-state index is 12.2. The average Bonchev–Trinajstić information content (AvgIpc) is 3.07. The van der Waals surface area contributed by atoms with Crippen LogP contribution in [0.2, 0.25) is 0 Å². The Labute approximate surface area is 194 Å². The number of thiol groups is 2. The molecule has 2 aromatic rings. The molecule has 0 saturated heterocycles. The summed E-state index contributed by atoms with van der Waals surface area (Å²) in [4.78, 5) is 49.8. The van der Waals surface area contributed by atoms with E-state index >= 15 is 0 Å². The largest absolute Gasteiger partial charge is 0.317 e. The van der Waals surface area contributed by atoms with Crippen molar-refractivity contribution in [3.05, 3.63) is 32.0 Å². The summed E-state index contributed by atoms with van der Waals surface area (Å²) >= 11 is 10.5. The highest BCUT2D eigenvalue weighted by atomic mass is 32.1. The molecule has 2 N–H and O–H groups in total. The van der Waals surface area contributed by atoms with E-state index in [0.717, 1.165) is 20.9 Å². The van der Waals surface area contributed by atoms with Gasteiger partial charge in [0.05, 0.1) is 11.1 Å². The van der Waals surface area contributed by atoms with E-state index in [1.165, 1.54) is 22.7 Å². The van der Waals surface area contributed by atoms with Crippen LogP contribution in [0.1, 0.15) is 67.3 Å². The quantitative estimate of drug-likeness (QED) is 0.286. The molecule has 0 atom stereocenters. The lowest BCUT2D eigenvalue weighted by Gasteiger charge is -2.06. The summed E-state index contributed by atoms with van der Waals surface area (Å²) in [7, 11) is 0. The van der Waals surface area contributed by atoms with Crippen LogP contribution in [0.4, 0.5) is 10.0 Å². The molecule has 0 aliphatic heterocycles. The van der Waals surface area contributed by atoms with E-state index in [9.17, 15) is 19.2 Å². The number of anilines is 2. The number of rotatable bonds is 9. The predicted molar refractivity (Wildman–Crippen MR) is 130 cm³/mol. The molecule has 0 aliphatic carbocycles. The molecule has 0 saturated carbocycles. The van der Waals surface area contributed by atoms with Crippen molar-refractivity contribution < 1.29 is 19.2 Å². The van der Waals surface area contributed by atoms with Gasteiger partial charge in [-0.2, -0.15) is 0 Å². The topological polar surface area (TPSA) is 92.3 Å². The Balaban J connectivity index is 1.83. The number of aryl methyl sites for hydroxylation is 2. The smallest absolute Gasteiger partial charge is 0.224 e. The third kappa shape index (κ3) is 5.96. The number of nitrogens with one attached hydrogen (secondary N) is 2. The second-order valence-corrected chi connectivity index (χ2v) is 10.2. The molecule has 6 nitrogen and oxygen atoms in total. The van der Waals surface area contributed by atoms with Gasteiger partial charge in [-0.05, 0) is 51.7 Å². The monoisotopic (exact) mass is 484 g/mol. The molecule has 0 spiro atoms. The molecule has 0 fully saturated rings. The van der Waals surface area contributed by atoms with Gasteiger partial charge >= 0.3 is 0 Å². The molecule has 30 heavy (non-hydrogen) atoms. The molecule has 2 heterocycles. The van der Waals surface area contributed by atoms with Crippen molar-refractivity contribution in [2.24, 2.45) is 0 Å². The van der Waals surface area contributed by atoms with Crippen LogP contribution in [-0.2, 0) is 9.59 Å². The first-order valence-corrected chi connectivity index (χ1v) is 11.8. The van der Waals surface area contributed by atoms with E-state index in [1.54, 1.807) is 0 Å². The van der Waals surface area contributed by atoms with Crippen molar-refractivity contribution in [2.75, 3.05) is 10.6 Å². The number of thiophene rings is 2. The maximum atomic E-state index is 12.2. The van der Waals surface area contributed by atoms with E-state index in [-0.39, 0.29) is 34.9 Å². The van der Waals surface area contributed by atoms with Gasteiger partial charge in [0.1, 0.15) is 10.0 Å². The zero-order valence-corrected chi connectivity index (χ0v) is 20.6. The summed E-state index contributed by atoms with van der Waals surface area (Å²) in [6.45, 7) is 7.43. The highest BCUT2D eigenvalue weighted by molar-refractivity contribution is 7.97. The van der Waals surface area contributed by atoms with Gasteiger partial charge in [0, 0.05) is 22.6 Å². The fraction of sp³-hybridized carbons (Fsp3) is 0.400. The molecule has 0 unspecified atom stereocenters. The molecular formula is C20H24N2O4S4. The number of carbonyl (C=O) groups excluding carboxylic acids is 4. The van der Waals surface area contributed by atoms with Crippen molar-refractivity contribution in [3.63, 3.8) is 0 Å². The second kappa shape index (κ2) is 10.6. The van der Waals surface area contributed by atoms with Crippen LogP contribution in [0.3, 0.4) is 0 Å². The van der Waals surface area contributed by atoms with Crippen LogP contribution in [0, 0.1) is 27.7 Å². The molecule has 10 heteroatoms. The Hall–Kier alpha value is -1.62. The summed E-state index contributed by atoms with van der Waals surface area (Å²) in [6.07, 6.45) is 1.52. The summed E-state index contributed by atoms with van der Waals surface area (Å²) < 4.78 is 0. The van der Waals surface area contributed by atoms with E-state index in [0.29, 0.717) is 34.0 Å². The van der Waals surface area contributed by atoms with Crippen LogP contribution in [0.5, 0.6) is 0 Å². The number of carbonyl (C=O) groups is 4. The van der Waals surface area contributed by atoms with E-state index in [4.69, 9.17) is 0 Å². The fourth-order valence-electron chi connectivity index (χ4n) is 2.89. The van der Waals surface area contributed by atoms with Crippen LogP contribution in [-0.4, -0.2) is 22.0 Å². The van der Waals surface area contributed by atoms with Crippen molar-refractivity contribution in [2.45, 2.75) is 53.4 Å². The molecule has 0 bridgehead atoms. The fourth-order valence-corrected chi connectivity index (χ4v) is 5.75. The average molecular weight is 485 g/mol. The van der Waals surface area contributed by atoms with Crippen molar-refractivity contribution in [1.29, 1.82) is 0 Å². The lowest BCUT2D eigenvalue weighted by atomic mass is 10.1. The molecule has 2 amide bonds. The zero-order chi connectivity index (χ0) is 22.6. The molecule has 0 aliphatic rings. The van der Waals surface area contributed by atoms with Crippen molar-refractivity contribution >= 4 is 80.0 Å². The Bertz CT molecular complexity index is 927. The Kier molecular flexibility index (Phi) is 8.72. The minimum Gasteiger partial charge on any atom is -0.317 e. The van der Waals surface area contributed by atoms with Gasteiger partial charge in [-0.25, -0.2) is 0 Å². The standard InChI is InChI=1S/C20H24N2O4S4/c1-9-11(3)29-17(15(9)19(25)27)21-13(23)7-5-6-8-14(24)22-18-16(20(26)28)10(2)12(4)30-18/h5-8H2,1-4H3,(H,21,23)(H,22,24)(H,25,27)(H,26,28). The van der Waals surface area contributed by atoms with Crippen molar-refractivity contribution in [1.82, 2.24) is 0 Å². The minimum absolute atomic E-state index is 0.208. The molecule has 162 valence electrons. The van der Waals surface area contributed by atoms with Gasteiger partial charge in [-0.3, -0.25) is 19.2 Å². The highest BCUT2D eigenvalue weighted by Crippen LogP contribution is 2.34. The van der Waals surface area contributed by atoms with Crippen LogP contribution >= 0.6 is 47.9 Å². The maximum Gasteiger partial charge on any atom is 0.224 e. The Morgan fingerprint density at radius 2 is 1.03 bits per heavy atom. The zero-order valence-electron chi connectivity index (χ0n) is 17.2. The number of amides is 2. The van der Waals surface area contributed by atoms with Gasteiger partial charge in [-0.1, -0.05) is 0 Å². The van der Waals surface area contributed by atoms with E-state index < -0.39 is 0 Å². The van der Waals surface area contributed by atoms with E-state index in [2.05, 4.69) is 35.9 Å². The number of hydrogen-bond acceptors (Lipinski definition) is 6. The third-order valence-electron chi connectivity index (χ3n) is 4.76. The highest BCUT2D eigenvalue weighted by Gasteiger charge is 2.20. The van der Waals surface area contributed by atoms with Crippen LogP contribution < -0.4 is 10.6 Å². The number of unbranched alkanes of at least 4 members (excludes halogenated alkanes) is 1. The third-order valence-corrected chi connectivity index (χ3v) is 7.45. The molecule has 2 rings (SSSR count). The van der Waals surface area contributed by atoms with Crippen molar-refractivity contribution in [3.8, 4) is 0 Å². The SMILES string of the molecule is Cc1sc(NC(=O)CCCCC(=O)Nc2sc(C)c(C)c2C(=O)S)c(C(=O)S)c1C. The first-order chi connectivity index (χ1) is 14.0. The summed E-state index contributed by atoms with van der Waals surface area (Å²) in [6, 6.07) is 0. The van der Waals surface area contributed by atoms with Gasteiger partial charge in [0.15, 0.2) is 0 Å². The number of hydrogen-bond donors (Lipinski definition) is 4. The van der Waals surface area contributed by atoms with Crippen LogP contribution in [0.15, 0.2) is 0 Å². The van der Waals surface area contributed by atoms with Gasteiger partial charge in [-0.15, -0.1) is 47.9 Å². The van der Waals surface area contributed by atoms with Gasteiger partial charge < -0.3 is 10.6 Å². The Morgan fingerprint density at radius 3 is 1.33 bits per heavy atom. The predicted octanol–water partition coefficient (Wildman–Crippen LogP) is 5.32. The first kappa shape index (κ1) is 24.6. The summed E-state index contributed by atoms with van der Waals surface area (Å²) in [5, 5.41) is 5.83. The first-order valence-electron chi connectivity index (χ1n) is 9.29. The molecule has 0 aromatic carbocycles. The summed E-state index contributed by atoms with van der Waals surface area (Å²) in [5.41, 5.74) is 2.52. The summed E-state index contributed by atoms with van der Waals surface area (Å²) in [5.74, 6) is -0.417. The normalized spacial score (nSPS) is 10.7.